The van der Waals surface area contributed by atoms with E-state index in [9.17, 15) is 18.7 Å². The van der Waals surface area contributed by atoms with Gasteiger partial charge in [-0.15, -0.1) is 0 Å². The third-order valence-electron chi connectivity index (χ3n) is 3.44. The van der Waals surface area contributed by atoms with Crippen LogP contribution in [0.5, 0.6) is 0 Å². The van der Waals surface area contributed by atoms with Crippen LogP contribution in [-0.2, 0) is 4.79 Å². The van der Waals surface area contributed by atoms with Crippen LogP contribution in [0.3, 0.4) is 0 Å². The molecule has 0 atom stereocenters. The van der Waals surface area contributed by atoms with Crippen LogP contribution in [0.1, 0.15) is 19.3 Å². The number of hydrogen-bond acceptors (Lipinski definition) is 3. The first kappa shape index (κ1) is 13.9. The SMILES string of the molecule is O=C(CNC1(CO)CCC1)Nc1ccc(F)cc1F. The molecular weight excluding hydrogens is 254 g/mol. The number of anilines is 1. The number of carbonyl (C=O) groups excluding carboxylic acids is 1. The average Bonchev–Trinajstić information content (AvgIpc) is 2.32. The van der Waals surface area contributed by atoms with Gasteiger partial charge in [0.1, 0.15) is 11.6 Å². The third-order valence-corrected chi connectivity index (χ3v) is 3.44. The highest BCUT2D eigenvalue weighted by molar-refractivity contribution is 5.92. The minimum atomic E-state index is -0.811. The molecule has 1 aliphatic rings. The van der Waals surface area contributed by atoms with E-state index in [0.717, 1.165) is 25.3 Å². The van der Waals surface area contributed by atoms with E-state index in [0.29, 0.717) is 6.07 Å². The quantitative estimate of drug-likeness (QED) is 0.758. The molecule has 104 valence electrons. The molecule has 0 unspecified atom stereocenters. The van der Waals surface area contributed by atoms with E-state index < -0.39 is 17.5 Å². The van der Waals surface area contributed by atoms with Gasteiger partial charge < -0.3 is 15.7 Å². The Morgan fingerprint density at radius 3 is 2.63 bits per heavy atom. The van der Waals surface area contributed by atoms with Crippen LogP contribution >= 0.6 is 0 Å². The van der Waals surface area contributed by atoms with E-state index in [1.54, 1.807) is 0 Å². The zero-order chi connectivity index (χ0) is 13.9. The van der Waals surface area contributed by atoms with Gasteiger partial charge in [-0.3, -0.25) is 4.79 Å². The number of aliphatic hydroxyl groups is 1. The Balaban J connectivity index is 1.87. The molecule has 0 spiro atoms. The lowest BCUT2D eigenvalue weighted by Crippen LogP contribution is -2.55. The van der Waals surface area contributed by atoms with Crippen molar-refractivity contribution in [3.8, 4) is 0 Å². The van der Waals surface area contributed by atoms with Gasteiger partial charge in [-0.25, -0.2) is 8.78 Å². The first-order chi connectivity index (χ1) is 9.04. The van der Waals surface area contributed by atoms with Gasteiger partial charge >= 0.3 is 0 Å². The molecule has 1 aromatic carbocycles. The predicted molar refractivity (Wildman–Crippen MR) is 66.7 cm³/mol. The van der Waals surface area contributed by atoms with Gasteiger partial charge in [0, 0.05) is 11.6 Å². The van der Waals surface area contributed by atoms with Gasteiger partial charge in [0.2, 0.25) is 5.91 Å². The lowest BCUT2D eigenvalue weighted by molar-refractivity contribution is -0.116. The standard InChI is InChI=1S/C13H16F2N2O2/c14-9-2-3-11(10(15)6-9)17-12(19)7-16-13(8-18)4-1-5-13/h2-3,6,16,18H,1,4-5,7-8H2,(H,17,19). The van der Waals surface area contributed by atoms with Gasteiger partial charge in [0.05, 0.1) is 18.8 Å². The minimum Gasteiger partial charge on any atom is -0.394 e. The van der Waals surface area contributed by atoms with Crippen LogP contribution in [0.15, 0.2) is 18.2 Å². The van der Waals surface area contributed by atoms with Crippen molar-refractivity contribution in [3.05, 3.63) is 29.8 Å². The van der Waals surface area contributed by atoms with E-state index >= 15 is 0 Å². The maximum atomic E-state index is 13.3. The Kier molecular flexibility index (Phi) is 4.11. The van der Waals surface area contributed by atoms with E-state index in [1.165, 1.54) is 6.07 Å². The molecule has 0 aliphatic heterocycles. The second kappa shape index (κ2) is 5.63. The van der Waals surface area contributed by atoms with E-state index in [4.69, 9.17) is 0 Å². The van der Waals surface area contributed by atoms with Gasteiger partial charge in [-0.2, -0.15) is 0 Å². The molecule has 1 saturated carbocycles. The summed E-state index contributed by atoms with van der Waals surface area (Å²) >= 11 is 0. The number of amides is 1. The summed E-state index contributed by atoms with van der Waals surface area (Å²) in [6.07, 6.45) is 2.66. The summed E-state index contributed by atoms with van der Waals surface area (Å²) in [5.41, 5.74) is -0.432. The zero-order valence-corrected chi connectivity index (χ0v) is 10.4. The van der Waals surface area contributed by atoms with Crippen LogP contribution in [0.2, 0.25) is 0 Å². The summed E-state index contributed by atoms with van der Waals surface area (Å²) in [4.78, 5) is 11.6. The number of hydrogen-bond donors (Lipinski definition) is 3. The Hall–Kier alpha value is -1.53. The highest BCUT2D eigenvalue weighted by atomic mass is 19.1. The Morgan fingerprint density at radius 1 is 1.37 bits per heavy atom. The number of rotatable bonds is 5. The molecule has 3 N–H and O–H groups in total. The van der Waals surface area contributed by atoms with Crippen molar-refractivity contribution < 1.29 is 18.7 Å². The van der Waals surface area contributed by atoms with Crippen molar-refractivity contribution in [1.29, 1.82) is 0 Å². The van der Waals surface area contributed by atoms with Crippen LogP contribution in [0, 0.1) is 11.6 Å². The lowest BCUT2D eigenvalue weighted by atomic mass is 9.77. The average molecular weight is 270 g/mol. The lowest BCUT2D eigenvalue weighted by Gasteiger charge is -2.41. The minimum absolute atomic E-state index is 0.0165. The topological polar surface area (TPSA) is 61.4 Å². The largest absolute Gasteiger partial charge is 0.394 e. The molecule has 4 nitrogen and oxygen atoms in total. The van der Waals surface area contributed by atoms with Crippen molar-refractivity contribution in [3.63, 3.8) is 0 Å². The van der Waals surface area contributed by atoms with E-state index in [2.05, 4.69) is 10.6 Å². The highest BCUT2D eigenvalue weighted by Gasteiger charge is 2.36. The second-order valence-electron chi connectivity index (χ2n) is 4.82. The molecule has 1 aromatic rings. The summed E-state index contributed by atoms with van der Waals surface area (Å²) in [5.74, 6) is -1.93. The van der Waals surface area contributed by atoms with Gasteiger partial charge in [0.15, 0.2) is 0 Å². The maximum Gasteiger partial charge on any atom is 0.238 e. The monoisotopic (exact) mass is 270 g/mol. The number of aliphatic hydroxyl groups excluding tert-OH is 1. The van der Waals surface area contributed by atoms with Crippen molar-refractivity contribution in [2.24, 2.45) is 0 Å². The van der Waals surface area contributed by atoms with E-state index in [-0.39, 0.29) is 24.4 Å². The normalized spacial score (nSPS) is 16.8. The van der Waals surface area contributed by atoms with Crippen molar-refractivity contribution in [2.45, 2.75) is 24.8 Å². The molecule has 1 amide bonds. The summed E-state index contributed by atoms with van der Waals surface area (Å²) in [6.45, 7) is -0.0391. The molecule has 0 bridgehead atoms. The van der Waals surface area contributed by atoms with Crippen molar-refractivity contribution in [2.75, 3.05) is 18.5 Å². The molecule has 0 heterocycles. The maximum absolute atomic E-state index is 13.3. The van der Waals surface area contributed by atoms with Crippen LogP contribution in [-0.4, -0.2) is 29.7 Å². The Labute approximate surface area is 109 Å². The number of nitrogens with one attached hydrogen (secondary N) is 2. The summed E-state index contributed by atoms with van der Waals surface area (Å²) in [6, 6.07) is 2.96. The third kappa shape index (κ3) is 3.27. The fraction of sp³-hybridized carbons (Fsp3) is 0.462. The predicted octanol–water partition coefficient (Wildman–Crippen LogP) is 1.41. The molecular formula is C13H16F2N2O2. The molecule has 1 fully saturated rings. The first-order valence-electron chi connectivity index (χ1n) is 6.15. The van der Waals surface area contributed by atoms with Gasteiger partial charge in [0.25, 0.3) is 0 Å². The molecule has 0 radical (unpaired) electrons. The number of halogens is 2. The summed E-state index contributed by atoms with van der Waals surface area (Å²) in [5, 5.41) is 14.6. The van der Waals surface area contributed by atoms with Crippen LogP contribution < -0.4 is 10.6 Å². The Morgan fingerprint density at radius 2 is 2.11 bits per heavy atom. The fourth-order valence-corrected chi connectivity index (χ4v) is 2.05. The zero-order valence-electron chi connectivity index (χ0n) is 10.4. The smallest absolute Gasteiger partial charge is 0.238 e. The highest BCUT2D eigenvalue weighted by Crippen LogP contribution is 2.30. The molecule has 1 aliphatic carbocycles. The summed E-state index contributed by atoms with van der Waals surface area (Å²) in [7, 11) is 0. The first-order valence-corrected chi connectivity index (χ1v) is 6.15. The molecule has 6 heteroatoms. The molecule has 0 saturated heterocycles. The van der Waals surface area contributed by atoms with Crippen molar-refractivity contribution >= 4 is 11.6 Å². The van der Waals surface area contributed by atoms with E-state index in [1.807, 2.05) is 0 Å². The fourth-order valence-electron chi connectivity index (χ4n) is 2.05. The molecule has 19 heavy (non-hydrogen) atoms. The van der Waals surface area contributed by atoms with Crippen molar-refractivity contribution in [1.82, 2.24) is 5.32 Å². The number of benzene rings is 1. The molecule has 0 aromatic heterocycles. The van der Waals surface area contributed by atoms with Gasteiger partial charge in [-0.1, -0.05) is 0 Å². The Bertz CT molecular complexity index is 470. The number of carbonyl (C=O) groups is 1. The van der Waals surface area contributed by atoms with Gasteiger partial charge in [-0.05, 0) is 31.4 Å². The second-order valence-corrected chi connectivity index (χ2v) is 4.82. The van der Waals surface area contributed by atoms with Crippen LogP contribution in [0.25, 0.3) is 0 Å². The molecule has 2 rings (SSSR count). The summed E-state index contributed by atoms with van der Waals surface area (Å²) < 4.78 is 26.0. The van der Waals surface area contributed by atoms with Crippen LogP contribution in [0.4, 0.5) is 14.5 Å².